The molecule has 0 atom stereocenters. The number of rotatable bonds is 6. The zero-order chi connectivity index (χ0) is 15.5. The normalized spacial score (nSPS) is 10.4. The molecule has 114 valence electrons. The van der Waals surface area contributed by atoms with Gasteiger partial charge >= 0.3 is 0 Å². The molecule has 2 aromatic carbocycles. The minimum absolute atomic E-state index is 0.0161. The Bertz CT molecular complexity index is 434. The van der Waals surface area contributed by atoms with Crippen LogP contribution < -0.4 is 0 Å². The van der Waals surface area contributed by atoms with E-state index in [-0.39, 0.29) is 6.10 Å². The first-order valence-electron chi connectivity index (χ1n) is 7.01. The Balaban J connectivity index is 0.00000106. The Hall–Kier alpha value is -0.910. The van der Waals surface area contributed by atoms with Gasteiger partial charge in [0.05, 0.1) is 6.61 Å². The van der Waals surface area contributed by atoms with Gasteiger partial charge in [-0.2, -0.15) is 0 Å². The summed E-state index contributed by atoms with van der Waals surface area (Å²) in [5.74, 6) is 0. The van der Waals surface area contributed by atoms with E-state index < -0.39 is 0 Å². The number of hydrogen-bond donors (Lipinski definition) is 0. The minimum atomic E-state index is 0.0161. The van der Waals surface area contributed by atoms with Crippen LogP contribution in [-0.2, 0) is 4.74 Å². The first-order chi connectivity index (χ1) is 10.3. The van der Waals surface area contributed by atoms with E-state index in [1.54, 1.807) is 0 Å². The molecule has 0 bridgehead atoms. The van der Waals surface area contributed by atoms with Crippen molar-refractivity contribution in [3.05, 3.63) is 71.8 Å². The zero-order valence-corrected chi connectivity index (χ0v) is 15.2. The van der Waals surface area contributed by atoms with Gasteiger partial charge in [-0.05, 0) is 30.2 Å². The molecule has 0 saturated heterocycles. The van der Waals surface area contributed by atoms with Crippen LogP contribution in [0.15, 0.2) is 60.7 Å². The van der Waals surface area contributed by atoms with E-state index in [4.69, 9.17) is 4.74 Å². The molecule has 0 fully saturated rings. The van der Waals surface area contributed by atoms with Crippen molar-refractivity contribution in [3.8, 4) is 0 Å². The van der Waals surface area contributed by atoms with Crippen molar-refractivity contribution in [1.82, 2.24) is 4.90 Å². The highest BCUT2D eigenvalue weighted by Crippen LogP contribution is 2.25. The molecule has 0 amide bonds. The van der Waals surface area contributed by atoms with E-state index in [9.17, 15) is 0 Å². The molecule has 0 spiro atoms. The lowest BCUT2D eigenvalue weighted by atomic mass is 10.0. The minimum Gasteiger partial charge on any atom is -0.367 e. The largest absolute Gasteiger partial charge is 0.367 e. The van der Waals surface area contributed by atoms with Crippen molar-refractivity contribution in [2.45, 2.75) is 6.10 Å². The van der Waals surface area contributed by atoms with Gasteiger partial charge in [-0.1, -0.05) is 83.3 Å². The third-order valence-corrected chi connectivity index (χ3v) is 3.03. The van der Waals surface area contributed by atoms with Gasteiger partial charge in [0.1, 0.15) is 6.10 Å². The average Bonchev–Trinajstić information content (AvgIpc) is 2.55. The molecule has 3 heteroatoms. The maximum Gasteiger partial charge on any atom is 0.108 e. The van der Waals surface area contributed by atoms with Crippen LogP contribution in [-0.4, -0.2) is 37.1 Å². The van der Waals surface area contributed by atoms with Gasteiger partial charge in [-0.15, -0.1) is 0 Å². The van der Waals surface area contributed by atoms with Crippen LogP contribution in [0.5, 0.6) is 0 Å². The van der Waals surface area contributed by atoms with E-state index in [2.05, 4.69) is 90.1 Å². The van der Waals surface area contributed by atoms with Gasteiger partial charge in [-0.25, -0.2) is 0 Å². The van der Waals surface area contributed by atoms with Crippen molar-refractivity contribution < 1.29 is 4.74 Å². The van der Waals surface area contributed by atoms with E-state index in [0.29, 0.717) is 0 Å². The Morgan fingerprint density at radius 3 is 1.67 bits per heavy atom. The Morgan fingerprint density at radius 2 is 1.29 bits per heavy atom. The van der Waals surface area contributed by atoms with Crippen molar-refractivity contribution in [2.75, 3.05) is 32.2 Å². The van der Waals surface area contributed by atoms with Crippen LogP contribution in [0.3, 0.4) is 0 Å². The van der Waals surface area contributed by atoms with Crippen molar-refractivity contribution in [3.63, 3.8) is 0 Å². The standard InChI is InChI=1S/C17H21NO.CH3I/c1-18(2)13-14-19-17(15-9-5-3-6-10-15)16-11-7-4-8-12-16;1-2/h3-12,17H,13-14H2,1-2H3;1H3. The summed E-state index contributed by atoms with van der Waals surface area (Å²) in [5.41, 5.74) is 2.40. The van der Waals surface area contributed by atoms with E-state index >= 15 is 0 Å². The first-order valence-corrected chi connectivity index (χ1v) is 9.17. The smallest absolute Gasteiger partial charge is 0.108 e. The maximum atomic E-state index is 6.08. The second-order valence-corrected chi connectivity index (χ2v) is 4.88. The topological polar surface area (TPSA) is 12.5 Å². The first kappa shape index (κ1) is 18.1. The highest BCUT2D eigenvalue weighted by Gasteiger charge is 2.13. The summed E-state index contributed by atoms with van der Waals surface area (Å²) in [6, 6.07) is 20.8. The number of halogens is 1. The number of hydrogen-bond acceptors (Lipinski definition) is 2. The summed E-state index contributed by atoms with van der Waals surface area (Å²) >= 11 is 2.15. The van der Waals surface area contributed by atoms with Gasteiger partial charge in [0.2, 0.25) is 0 Å². The van der Waals surface area contributed by atoms with Gasteiger partial charge in [0, 0.05) is 6.54 Å². The number of nitrogens with zero attached hydrogens (tertiary/aromatic N) is 1. The predicted octanol–water partition coefficient (Wildman–Crippen LogP) is 4.41. The average molecular weight is 397 g/mol. The number of ether oxygens (including phenoxy) is 1. The van der Waals surface area contributed by atoms with Gasteiger partial charge in [-0.3, -0.25) is 0 Å². The molecule has 0 N–H and O–H groups in total. The summed E-state index contributed by atoms with van der Waals surface area (Å²) in [7, 11) is 4.12. The van der Waals surface area contributed by atoms with Crippen LogP contribution in [0.25, 0.3) is 0 Å². The molecule has 0 aliphatic heterocycles. The molecule has 0 radical (unpaired) electrons. The van der Waals surface area contributed by atoms with Crippen LogP contribution in [0.4, 0.5) is 0 Å². The molecular formula is C18H24INO. The Labute approximate surface area is 142 Å². The molecule has 2 nitrogen and oxygen atoms in total. The second kappa shape index (κ2) is 10.8. The second-order valence-electron chi connectivity index (χ2n) is 4.88. The SMILES string of the molecule is CI.CN(C)CCOC(c1ccccc1)c1ccccc1. The highest BCUT2D eigenvalue weighted by atomic mass is 127. The lowest BCUT2D eigenvalue weighted by molar-refractivity contribution is 0.0687. The summed E-state index contributed by atoms with van der Waals surface area (Å²) in [4.78, 5) is 4.10. The summed E-state index contributed by atoms with van der Waals surface area (Å²) in [5, 5.41) is 0. The quantitative estimate of drug-likeness (QED) is 0.529. The fourth-order valence-electron chi connectivity index (χ4n) is 1.99. The highest BCUT2D eigenvalue weighted by molar-refractivity contribution is 14.1. The number of benzene rings is 2. The Morgan fingerprint density at radius 1 is 0.857 bits per heavy atom. The van der Waals surface area contributed by atoms with E-state index in [0.717, 1.165) is 13.2 Å². The fourth-order valence-corrected chi connectivity index (χ4v) is 1.99. The van der Waals surface area contributed by atoms with Crippen LogP contribution in [0.1, 0.15) is 17.2 Å². The van der Waals surface area contributed by atoms with Gasteiger partial charge in [0.15, 0.2) is 0 Å². The van der Waals surface area contributed by atoms with Crippen LogP contribution in [0.2, 0.25) is 0 Å². The Kier molecular flexibility index (Phi) is 9.30. The molecule has 0 heterocycles. The molecule has 0 saturated carbocycles. The molecule has 2 rings (SSSR count). The summed E-state index contributed by atoms with van der Waals surface area (Å²) in [6.45, 7) is 1.65. The van der Waals surface area contributed by atoms with Crippen molar-refractivity contribution in [1.29, 1.82) is 0 Å². The zero-order valence-electron chi connectivity index (χ0n) is 13.0. The maximum absolute atomic E-state index is 6.08. The molecule has 0 aliphatic carbocycles. The van der Waals surface area contributed by atoms with Crippen LogP contribution >= 0.6 is 22.6 Å². The third kappa shape index (κ3) is 6.59. The van der Waals surface area contributed by atoms with Gasteiger partial charge < -0.3 is 9.64 Å². The lowest BCUT2D eigenvalue weighted by Crippen LogP contribution is -2.20. The number of alkyl halides is 1. The van der Waals surface area contributed by atoms with Crippen molar-refractivity contribution >= 4 is 22.6 Å². The number of likely N-dealkylation sites (N-methyl/N-ethyl adjacent to an activating group) is 1. The fraction of sp³-hybridized carbons (Fsp3) is 0.333. The summed E-state index contributed by atoms with van der Waals surface area (Å²) < 4.78 is 6.08. The molecular weight excluding hydrogens is 373 g/mol. The molecule has 21 heavy (non-hydrogen) atoms. The molecule has 2 aromatic rings. The van der Waals surface area contributed by atoms with Crippen molar-refractivity contribution in [2.24, 2.45) is 0 Å². The van der Waals surface area contributed by atoms with Crippen LogP contribution in [0, 0.1) is 0 Å². The van der Waals surface area contributed by atoms with E-state index in [1.807, 2.05) is 17.1 Å². The summed E-state index contributed by atoms with van der Waals surface area (Å²) in [6.07, 6.45) is 0.0161. The lowest BCUT2D eigenvalue weighted by Gasteiger charge is -2.20. The van der Waals surface area contributed by atoms with E-state index in [1.165, 1.54) is 11.1 Å². The molecule has 0 unspecified atom stereocenters. The van der Waals surface area contributed by atoms with Gasteiger partial charge in [0.25, 0.3) is 0 Å². The third-order valence-electron chi connectivity index (χ3n) is 3.03. The molecule has 0 aliphatic rings. The molecule has 0 aromatic heterocycles. The monoisotopic (exact) mass is 397 g/mol. The predicted molar refractivity (Wildman–Crippen MR) is 99.2 cm³/mol.